The molecular formula is C16H16N2O2S2. The Morgan fingerprint density at radius 3 is 2.73 bits per heavy atom. The van der Waals surface area contributed by atoms with Crippen molar-refractivity contribution in [3.63, 3.8) is 0 Å². The fraction of sp³-hybridized carbons (Fsp3) is 0.188. The van der Waals surface area contributed by atoms with Crippen molar-refractivity contribution in [1.29, 1.82) is 0 Å². The first-order valence-corrected chi connectivity index (χ1v) is 8.72. The van der Waals surface area contributed by atoms with Gasteiger partial charge in [-0.3, -0.25) is 0 Å². The SMILES string of the molecule is OCCOc1ccc(NCc2csc(-c3ccsc3)n2)cc1. The summed E-state index contributed by atoms with van der Waals surface area (Å²) in [6.07, 6.45) is 0. The summed E-state index contributed by atoms with van der Waals surface area (Å²) in [5.74, 6) is 0.757. The topological polar surface area (TPSA) is 54.4 Å². The smallest absolute Gasteiger partial charge is 0.124 e. The van der Waals surface area contributed by atoms with Crippen LogP contribution in [0.4, 0.5) is 5.69 Å². The molecule has 0 saturated carbocycles. The van der Waals surface area contributed by atoms with Crippen LogP contribution >= 0.6 is 22.7 Å². The second-order valence-electron chi connectivity index (χ2n) is 4.61. The molecule has 0 aliphatic carbocycles. The Labute approximate surface area is 137 Å². The molecule has 0 spiro atoms. The van der Waals surface area contributed by atoms with Crippen molar-refractivity contribution in [1.82, 2.24) is 4.98 Å². The summed E-state index contributed by atoms with van der Waals surface area (Å²) in [5.41, 5.74) is 3.24. The molecular weight excluding hydrogens is 316 g/mol. The number of benzene rings is 1. The zero-order chi connectivity index (χ0) is 15.2. The van der Waals surface area contributed by atoms with Crippen LogP contribution in [0.1, 0.15) is 5.69 Å². The highest BCUT2D eigenvalue weighted by Crippen LogP contribution is 2.26. The molecule has 0 aliphatic rings. The van der Waals surface area contributed by atoms with Gasteiger partial charge >= 0.3 is 0 Å². The number of ether oxygens (including phenoxy) is 1. The van der Waals surface area contributed by atoms with Gasteiger partial charge in [0, 0.05) is 22.0 Å². The Balaban J connectivity index is 1.56. The molecule has 0 aliphatic heterocycles. The van der Waals surface area contributed by atoms with Gasteiger partial charge in [0.05, 0.1) is 18.8 Å². The number of aliphatic hydroxyl groups is 1. The van der Waals surface area contributed by atoms with Crippen LogP contribution in [0, 0.1) is 0 Å². The van der Waals surface area contributed by atoms with E-state index in [1.807, 2.05) is 24.3 Å². The number of thiazole rings is 1. The van der Waals surface area contributed by atoms with Crippen LogP contribution in [0.5, 0.6) is 5.75 Å². The van der Waals surface area contributed by atoms with E-state index in [9.17, 15) is 0 Å². The Morgan fingerprint density at radius 2 is 2.00 bits per heavy atom. The standard InChI is InChI=1S/C16H16N2O2S2/c19-6-7-20-15-3-1-13(2-4-15)17-9-14-11-22-16(18-14)12-5-8-21-10-12/h1-5,8,10-11,17,19H,6-7,9H2. The number of aromatic nitrogens is 1. The Bertz CT molecular complexity index is 693. The van der Waals surface area contributed by atoms with Gasteiger partial charge in [0.25, 0.3) is 0 Å². The summed E-state index contributed by atoms with van der Waals surface area (Å²) in [4.78, 5) is 4.64. The van der Waals surface area contributed by atoms with E-state index < -0.39 is 0 Å². The lowest BCUT2D eigenvalue weighted by molar-refractivity contribution is 0.201. The highest BCUT2D eigenvalue weighted by atomic mass is 32.1. The fourth-order valence-corrected chi connectivity index (χ4v) is 3.46. The number of aliphatic hydroxyl groups excluding tert-OH is 1. The van der Waals surface area contributed by atoms with Gasteiger partial charge in [-0.2, -0.15) is 11.3 Å². The lowest BCUT2D eigenvalue weighted by Gasteiger charge is -2.07. The average molecular weight is 332 g/mol. The van der Waals surface area contributed by atoms with E-state index in [1.54, 1.807) is 22.7 Å². The predicted octanol–water partition coefficient (Wildman–Crippen LogP) is 3.85. The van der Waals surface area contributed by atoms with Crippen LogP contribution in [-0.4, -0.2) is 23.3 Å². The first-order valence-electron chi connectivity index (χ1n) is 6.90. The van der Waals surface area contributed by atoms with Crippen LogP contribution in [0.2, 0.25) is 0 Å². The van der Waals surface area contributed by atoms with Gasteiger partial charge in [-0.1, -0.05) is 0 Å². The molecule has 0 amide bonds. The third kappa shape index (κ3) is 3.85. The molecule has 0 unspecified atom stereocenters. The van der Waals surface area contributed by atoms with Crippen LogP contribution < -0.4 is 10.1 Å². The van der Waals surface area contributed by atoms with Crippen LogP contribution in [0.25, 0.3) is 10.6 Å². The minimum absolute atomic E-state index is 0.0241. The zero-order valence-corrected chi connectivity index (χ0v) is 13.5. The Kier molecular flexibility index (Phi) is 5.05. The van der Waals surface area contributed by atoms with Crippen molar-refractivity contribution < 1.29 is 9.84 Å². The van der Waals surface area contributed by atoms with Crippen molar-refractivity contribution in [3.8, 4) is 16.3 Å². The highest BCUT2D eigenvalue weighted by molar-refractivity contribution is 7.14. The molecule has 2 heterocycles. The molecule has 2 N–H and O–H groups in total. The van der Waals surface area contributed by atoms with E-state index in [2.05, 4.69) is 32.5 Å². The molecule has 0 radical (unpaired) electrons. The first kappa shape index (κ1) is 15.0. The van der Waals surface area contributed by atoms with E-state index in [-0.39, 0.29) is 6.61 Å². The number of nitrogens with zero attached hydrogens (tertiary/aromatic N) is 1. The zero-order valence-electron chi connectivity index (χ0n) is 11.9. The summed E-state index contributed by atoms with van der Waals surface area (Å²) in [7, 11) is 0. The number of thiophene rings is 1. The highest BCUT2D eigenvalue weighted by Gasteiger charge is 2.05. The van der Waals surface area contributed by atoms with E-state index >= 15 is 0 Å². The van der Waals surface area contributed by atoms with Gasteiger partial charge in [-0.15, -0.1) is 11.3 Å². The van der Waals surface area contributed by atoms with E-state index in [0.717, 1.165) is 22.1 Å². The van der Waals surface area contributed by atoms with Crippen LogP contribution in [-0.2, 0) is 6.54 Å². The molecule has 0 atom stereocenters. The molecule has 114 valence electrons. The summed E-state index contributed by atoms with van der Waals surface area (Å²) < 4.78 is 5.33. The van der Waals surface area contributed by atoms with Gasteiger partial charge in [0.2, 0.25) is 0 Å². The van der Waals surface area contributed by atoms with Crippen LogP contribution in [0.15, 0.2) is 46.5 Å². The second-order valence-corrected chi connectivity index (χ2v) is 6.24. The first-order chi connectivity index (χ1) is 10.8. The molecule has 22 heavy (non-hydrogen) atoms. The summed E-state index contributed by atoms with van der Waals surface area (Å²) in [6.45, 7) is 1.03. The number of rotatable bonds is 7. The lowest BCUT2D eigenvalue weighted by atomic mass is 10.3. The van der Waals surface area contributed by atoms with Gasteiger partial charge in [0.1, 0.15) is 17.4 Å². The van der Waals surface area contributed by atoms with E-state index in [1.165, 1.54) is 5.56 Å². The largest absolute Gasteiger partial charge is 0.491 e. The minimum atomic E-state index is 0.0241. The molecule has 6 heteroatoms. The van der Waals surface area contributed by atoms with Crippen molar-refractivity contribution in [2.45, 2.75) is 6.54 Å². The summed E-state index contributed by atoms with van der Waals surface area (Å²) in [6, 6.07) is 9.77. The number of hydrogen-bond donors (Lipinski definition) is 2. The predicted molar refractivity (Wildman–Crippen MR) is 91.8 cm³/mol. The third-order valence-electron chi connectivity index (χ3n) is 3.01. The lowest BCUT2D eigenvalue weighted by Crippen LogP contribution is -2.02. The minimum Gasteiger partial charge on any atom is -0.491 e. The van der Waals surface area contributed by atoms with Crippen molar-refractivity contribution in [2.75, 3.05) is 18.5 Å². The van der Waals surface area contributed by atoms with Crippen LogP contribution in [0.3, 0.4) is 0 Å². The molecule has 1 aromatic carbocycles. The van der Waals surface area contributed by atoms with Gasteiger partial charge in [-0.05, 0) is 35.7 Å². The molecule has 0 saturated heterocycles. The number of anilines is 1. The summed E-state index contributed by atoms with van der Waals surface area (Å²) in [5, 5.41) is 19.4. The fourth-order valence-electron chi connectivity index (χ4n) is 1.93. The monoisotopic (exact) mass is 332 g/mol. The maximum Gasteiger partial charge on any atom is 0.124 e. The van der Waals surface area contributed by atoms with Gasteiger partial charge in [0.15, 0.2) is 0 Å². The summed E-state index contributed by atoms with van der Waals surface area (Å²) >= 11 is 3.35. The second kappa shape index (κ2) is 7.40. The number of hydrogen-bond acceptors (Lipinski definition) is 6. The normalized spacial score (nSPS) is 10.6. The molecule has 0 fully saturated rings. The van der Waals surface area contributed by atoms with Crippen molar-refractivity contribution in [3.05, 3.63) is 52.2 Å². The molecule has 4 nitrogen and oxygen atoms in total. The van der Waals surface area contributed by atoms with Crippen molar-refractivity contribution >= 4 is 28.4 Å². The maximum absolute atomic E-state index is 8.72. The van der Waals surface area contributed by atoms with Gasteiger partial charge in [-0.25, -0.2) is 4.98 Å². The average Bonchev–Trinajstić information content (AvgIpc) is 3.23. The maximum atomic E-state index is 8.72. The third-order valence-corrected chi connectivity index (χ3v) is 4.63. The van der Waals surface area contributed by atoms with Gasteiger partial charge < -0.3 is 15.2 Å². The van der Waals surface area contributed by atoms with E-state index in [4.69, 9.17) is 9.84 Å². The Hall–Kier alpha value is -1.89. The molecule has 0 bridgehead atoms. The van der Waals surface area contributed by atoms with Crippen molar-refractivity contribution in [2.24, 2.45) is 0 Å². The molecule has 3 rings (SSSR count). The molecule has 3 aromatic rings. The Morgan fingerprint density at radius 1 is 1.14 bits per heavy atom. The van der Waals surface area contributed by atoms with E-state index in [0.29, 0.717) is 13.2 Å². The number of nitrogens with one attached hydrogen (secondary N) is 1. The quantitative estimate of drug-likeness (QED) is 0.690. The molecule has 2 aromatic heterocycles.